The molecule has 8 atom stereocenters. The zero-order valence-electron chi connectivity index (χ0n) is 48.6. The van der Waals surface area contributed by atoms with Gasteiger partial charge in [0, 0.05) is 67.3 Å². The predicted octanol–water partition coefficient (Wildman–Crippen LogP) is -2.75. The molecule has 29 heteroatoms. The Kier molecular flexibility index (Phi) is 26.4. The van der Waals surface area contributed by atoms with E-state index in [1.165, 1.54) is 41.7 Å². The highest BCUT2D eigenvalue weighted by molar-refractivity contribution is 5.98. The van der Waals surface area contributed by atoms with Gasteiger partial charge in [-0.05, 0) is 80.3 Å². The number of carboxylic acid groups (broad SMARTS) is 1. The van der Waals surface area contributed by atoms with Crippen molar-refractivity contribution in [3.05, 3.63) is 84.1 Å². The van der Waals surface area contributed by atoms with E-state index in [0.717, 1.165) is 0 Å². The Bertz CT molecular complexity index is 2970. The number of para-hydroxylation sites is 1. The van der Waals surface area contributed by atoms with Crippen LogP contribution < -0.4 is 59.3 Å². The number of aromatic amines is 2. The van der Waals surface area contributed by atoms with Crippen LogP contribution in [0.3, 0.4) is 0 Å². The summed E-state index contributed by atoms with van der Waals surface area (Å²) in [6.45, 7) is 6.04. The van der Waals surface area contributed by atoms with Crippen molar-refractivity contribution in [1.82, 2.24) is 67.7 Å². The van der Waals surface area contributed by atoms with Crippen molar-refractivity contribution >= 4 is 75.9 Å². The van der Waals surface area contributed by atoms with Gasteiger partial charge in [-0.25, -0.2) is 4.98 Å². The summed E-state index contributed by atoms with van der Waals surface area (Å²) in [5.41, 5.74) is 13.3. The number of aliphatic hydroxyl groups excluding tert-OH is 1. The fourth-order valence-corrected chi connectivity index (χ4v) is 9.59. The van der Waals surface area contributed by atoms with Gasteiger partial charge in [0.1, 0.15) is 48.0 Å². The van der Waals surface area contributed by atoms with E-state index in [0.29, 0.717) is 53.5 Å². The summed E-state index contributed by atoms with van der Waals surface area (Å²) < 4.78 is 0. The van der Waals surface area contributed by atoms with E-state index in [9.17, 15) is 63.0 Å². The number of nitrogens with two attached hydrogens (primary N) is 2. The average molecular weight is 1200 g/mol. The number of aromatic hydroxyl groups is 1. The Labute approximate surface area is 496 Å². The van der Waals surface area contributed by atoms with Gasteiger partial charge in [0.25, 0.3) is 0 Å². The number of amides is 10. The van der Waals surface area contributed by atoms with E-state index in [2.05, 4.69) is 62.8 Å². The number of imidazole rings is 1. The summed E-state index contributed by atoms with van der Waals surface area (Å²) in [7, 11) is 0. The minimum Gasteiger partial charge on any atom is -0.508 e. The molecule has 86 heavy (non-hydrogen) atoms. The number of aromatic nitrogens is 3. The number of benzene rings is 2. The van der Waals surface area contributed by atoms with Gasteiger partial charge in [0.05, 0.1) is 32.1 Å². The first kappa shape index (κ1) is 67.8. The molecule has 29 nitrogen and oxygen atoms in total. The number of carbonyl (C=O) groups excluding carboxylic acids is 10. The van der Waals surface area contributed by atoms with E-state index < -0.39 is 139 Å². The van der Waals surface area contributed by atoms with E-state index in [1.807, 2.05) is 13.8 Å². The van der Waals surface area contributed by atoms with Gasteiger partial charge in [-0.1, -0.05) is 58.0 Å². The Morgan fingerprint density at radius 3 is 1.98 bits per heavy atom. The molecule has 468 valence electrons. The number of likely N-dealkylation sites (tertiary alicyclic amines) is 1. The van der Waals surface area contributed by atoms with E-state index in [1.54, 1.807) is 44.3 Å². The number of phenols is 1. The highest BCUT2D eigenvalue weighted by Crippen LogP contribution is 2.22. The maximum absolute atomic E-state index is 14.4. The molecule has 1 aliphatic heterocycles. The van der Waals surface area contributed by atoms with Gasteiger partial charge in [0.15, 0.2) is 0 Å². The summed E-state index contributed by atoms with van der Waals surface area (Å²) in [5.74, 6) is -9.61. The lowest BCUT2D eigenvalue weighted by Crippen LogP contribution is -2.60. The van der Waals surface area contributed by atoms with Crippen LogP contribution in [-0.4, -0.2) is 187 Å². The fraction of sp³-hybridized carbons (Fsp3) is 0.509. The van der Waals surface area contributed by atoms with Crippen LogP contribution in [0, 0.1) is 5.92 Å². The maximum Gasteiger partial charge on any atom is 0.303 e. The normalized spacial score (nSPS) is 15.5. The number of carboxylic acids is 1. The first-order valence-corrected chi connectivity index (χ1v) is 28.5. The number of rotatable bonds is 35. The van der Waals surface area contributed by atoms with Crippen molar-refractivity contribution in [2.45, 2.75) is 146 Å². The lowest BCUT2D eigenvalue weighted by atomic mass is 10.0. The Hall–Kier alpha value is -8.96. The van der Waals surface area contributed by atoms with Crippen molar-refractivity contribution in [2.24, 2.45) is 17.4 Å². The number of H-pyrrole nitrogens is 2. The highest BCUT2D eigenvalue weighted by Gasteiger charge is 2.39. The third-order valence-electron chi connectivity index (χ3n) is 14.1. The molecule has 1 aliphatic rings. The van der Waals surface area contributed by atoms with Gasteiger partial charge in [0.2, 0.25) is 59.1 Å². The molecule has 18 N–H and O–H groups in total. The number of carbonyl (C=O) groups is 11. The Morgan fingerprint density at radius 1 is 0.709 bits per heavy atom. The van der Waals surface area contributed by atoms with Crippen molar-refractivity contribution in [1.29, 1.82) is 0 Å². The van der Waals surface area contributed by atoms with Crippen molar-refractivity contribution in [3.8, 4) is 5.75 Å². The summed E-state index contributed by atoms with van der Waals surface area (Å²) in [5, 5.41) is 54.3. The first-order valence-electron chi connectivity index (χ1n) is 28.5. The Balaban J connectivity index is 1.32. The largest absolute Gasteiger partial charge is 0.508 e. The van der Waals surface area contributed by atoms with Crippen molar-refractivity contribution in [3.63, 3.8) is 0 Å². The van der Waals surface area contributed by atoms with Crippen LogP contribution >= 0.6 is 0 Å². The van der Waals surface area contributed by atoms with Crippen molar-refractivity contribution in [2.75, 3.05) is 32.8 Å². The monoisotopic (exact) mass is 1200 g/mol. The fourth-order valence-electron chi connectivity index (χ4n) is 9.59. The summed E-state index contributed by atoms with van der Waals surface area (Å²) in [6.07, 6.45) is 4.54. The number of hydrogen-bond donors (Lipinski definition) is 16. The van der Waals surface area contributed by atoms with E-state index in [4.69, 9.17) is 16.6 Å². The molecule has 2 aromatic heterocycles. The number of nitrogens with one attached hydrogen (secondary N) is 11. The zero-order chi connectivity index (χ0) is 63.0. The summed E-state index contributed by atoms with van der Waals surface area (Å²) in [6, 6.07) is 2.06. The maximum atomic E-state index is 14.4. The molecule has 10 amide bonds. The number of hydrogen-bond acceptors (Lipinski definition) is 16. The molecular formula is C57H81N15O14. The minimum atomic E-state index is -1.77. The van der Waals surface area contributed by atoms with Gasteiger partial charge < -0.3 is 89.5 Å². The molecule has 3 heterocycles. The molecule has 2 aromatic carbocycles. The number of primary amides is 1. The zero-order valence-corrected chi connectivity index (χ0v) is 48.6. The molecule has 0 aliphatic carbocycles. The number of aliphatic carboxylic acids is 1. The van der Waals surface area contributed by atoms with Crippen LogP contribution in [0.15, 0.2) is 67.3 Å². The van der Waals surface area contributed by atoms with E-state index >= 15 is 0 Å². The molecule has 0 unspecified atom stereocenters. The molecule has 0 bridgehead atoms. The van der Waals surface area contributed by atoms with Crippen LogP contribution in [0.25, 0.3) is 10.9 Å². The van der Waals surface area contributed by atoms with Gasteiger partial charge >= 0.3 is 5.97 Å². The lowest BCUT2D eigenvalue weighted by molar-refractivity contribution is -0.142. The second-order valence-corrected chi connectivity index (χ2v) is 21.8. The number of aliphatic hydroxyl groups is 1. The average Bonchev–Trinajstić information content (AvgIpc) is 2.50. The lowest BCUT2D eigenvalue weighted by Gasteiger charge is -2.30. The summed E-state index contributed by atoms with van der Waals surface area (Å²) >= 11 is 0. The second-order valence-electron chi connectivity index (χ2n) is 21.8. The van der Waals surface area contributed by atoms with Crippen LogP contribution in [0.1, 0.15) is 89.5 Å². The van der Waals surface area contributed by atoms with Crippen molar-refractivity contribution < 1.29 is 68.1 Å². The molecule has 0 saturated carbocycles. The quantitative estimate of drug-likeness (QED) is 0.0208. The van der Waals surface area contributed by atoms with E-state index in [-0.39, 0.29) is 62.8 Å². The molecule has 1 fully saturated rings. The highest BCUT2D eigenvalue weighted by atomic mass is 16.4. The topological polar surface area (TPSA) is 456 Å². The van der Waals surface area contributed by atoms with Crippen LogP contribution in [0.2, 0.25) is 0 Å². The standard InChI is InChI=1S/C57H81N15O14/c1-31(2)21-41(52(81)67-40(11-7-19-61-32(3)4)57(86)72-20-8-12-46(72)56(85)63-27-47(59)75)66-48(76)28-64-51(80)42(22-33-13-15-36(74)16-14-33)69-55(84)45(29-73)71-53(82)43(23-34-25-62-39-10-6-5-9-37(34)39)70-54(83)44(24-35-26-60-30-65-35)68-50(79)38(58)17-18-49(77)78/h5-6,9-10,13-16,25-26,30-32,38,40-46,61-62,73-74H,7-8,11-12,17-24,27-29,58H2,1-4H3,(H2,59,75)(H,60,65)(H,63,85)(H,64,80)(H,66,76)(H,67,81)(H,68,79)(H,69,84)(H,70,83)(H,71,82)(H,77,78)/t38-,40-,41-,42-,43-,44-,45-,46-/m0/s1. The SMILES string of the molecule is CC(C)C[C@H](NC(=O)CNC(=O)[C@H](Cc1ccc(O)cc1)NC(=O)[C@H](CO)NC(=O)[C@H](Cc1c[nH]c2ccccc12)NC(=O)[C@H](Cc1cnc[nH]1)NC(=O)[C@@H](N)CCC(=O)O)C(=O)N[C@@H](CCCNC(C)C)C(=O)N1CCC[C@H]1C(=O)NCC(N)=O. The smallest absolute Gasteiger partial charge is 0.303 e. The molecule has 0 radical (unpaired) electrons. The predicted molar refractivity (Wildman–Crippen MR) is 311 cm³/mol. The summed E-state index contributed by atoms with van der Waals surface area (Å²) in [4.78, 5) is 159. The molecule has 0 spiro atoms. The first-order chi connectivity index (χ1) is 40.9. The van der Waals surface area contributed by atoms with Crippen LogP contribution in [-0.2, 0) is 72.0 Å². The minimum absolute atomic E-state index is 0.0938. The second kappa shape index (κ2) is 33.5. The number of phenolic OH excluding ortho intramolecular Hbond substituents is 1. The number of fused-ring (bicyclic) bond motifs is 1. The third-order valence-corrected chi connectivity index (χ3v) is 14.1. The van der Waals surface area contributed by atoms with Gasteiger partial charge in [-0.2, -0.15) is 0 Å². The molecule has 4 aromatic rings. The van der Waals surface area contributed by atoms with Gasteiger partial charge in [-0.15, -0.1) is 0 Å². The molecular weight excluding hydrogens is 1120 g/mol. The molecule has 5 rings (SSSR count). The van der Waals surface area contributed by atoms with Gasteiger partial charge in [-0.3, -0.25) is 52.7 Å². The number of nitrogens with zero attached hydrogens (tertiary/aromatic N) is 2. The Morgan fingerprint density at radius 2 is 1.34 bits per heavy atom. The van der Waals surface area contributed by atoms with Crippen LogP contribution in [0.5, 0.6) is 5.75 Å². The molecule has 1 saturated heterocycles. The van der Waals surface area contributed by atoms with Crippen LogP contribution in [0.4, 0.5) is 0 Å². The third kappa shape index (κ3) is 21.6.